The molecule has 2 aromatic heterocycles. The monoisotopic (exact) mass is 391 g/mol. The Kier molecular flexibility index (Phi) is 5.27. The molecule has 0 fully saturated rings. The molecule has 0 aliphatic rings. The number of halogens is 3. The summed E-state index contributed by atoms with van der Waals surface area (Å²) in [7, 11) is 0. The van der Waals surface area contributed by atoms with E-state index in [9.17, 15) is 18.0 Å². The quantitative estimate of drug-likeness (QED) is 0.630. The minimum absolute atomic E-state index is 0.143. The number of benzene rings is 1. The number of hydrogen-bond acceptors (Lipinski definition) is 4. The Bertz CT molecular complexity index is 952. The van der Waals surface area contributed by atoms with Gasteiger partial charge in [0.15, 0.2) is 5.13 Å². The van der Waals surface area contributed by atoms with Crippen LogP contribution in [0.1, 0.15) is 40.7 Å². The number of nitrogens with zero attached hydrogens (tertiary/aromatic N) is 2. The number of hydrogen-bond donors (Lipinski definition) is 1. The lowest BCUT2D eigenvalue weighted by atomic mass is 10.1. The van der Waals surface area contributed by atoms with E-state index in [2.05, 4.69) is 15.3 Å². The molecular weight excluding hydrogens is 375 g/mol. The Morgan fingerprint density at radius 1 is 1.11 bits per heavy atom. The minimum Gasteiger partial charge on any atom is -0.296 e. The molecule has 1 aromatic carbocycles. The first-order chi connectivity index (χ1) is 12.8. The van der Waals surface area contributed by atoms with Crippen LogP contribution >= 0.6 is 11.3 Å². The molecule has 27 heavy (non-hydrogen) atoms. The van der Waals surface area contributed by atoms with Crippen molar-refractivity contribution in [3.8, 4) is 11.3 Å². The maximum Gasteiger partial charge on any atom is 0.418 e. The lowest BCUT2D eigenvalue weighted by molar-refractivity contribution is -0.138. The Labute approximate surface area is 158 Å². The molecule has 0 aliphatic carbocycles. The van der Waals surface area contributed by atoms with E-state index in [0.717, 1.165) is 28.8 Å². The van der Waals surface area contributed by atoms with Gasteiger partial charge in [-0.2, -0.15) is 13.2 Å². The van der Waals surface area contributed by atoms with Gasteiger partial charge in [0.05, 0.1) is 11.3 Å². The average molecular weight is 391 g/mol. The molecule has 8 heteroatoms. The first-order valence-corrected chi connectivity index (χ1v) is 8.98. The number of nitrogens with one attached hydrogen (secondary N) is 1. The molecule has 1 N–H and O–H groups in total. The van der Waals surface area contributed by atoms with Crippen LogP contribution in [-0.2, 0) is 6.18 Å². The molecule has 0 saturated heterocycles. The van der Waals surface area contributed by atoms with Crippen molar-refractivity contribution in [2.45, 2.75) is 25.9 Å². The summed E-state index contributed by atoms with van der Waals surface area (Å²) in [6, 6.07) is 11.4. The molecule has 0 unspecified atom stereocenters. The molecule has 0 saturated carbocycles. The Hall–Kier alpha value is -2.74. The minimum atomic E-state index is -4.66. The number of alkyl halides is 3. The molecule has 3 rings (SSSR count). The predicted octanol–water partition coefficient (Wildman–Crippen LogP) is 5.60. The average Bonchev–Trinajstić information content (AvgIpc) is 3.06. The normalized spacial score (nSPS) is 11.6. The van der Waals surface area contributed by atoms with Crippen molar-refractivity contribution < 1.29 is 18.0 Å². The molecule has 0 aliphatic heterocycles. The molecule has 0 radical (unpaired) electrons. The fourth-order valence-corrected chi connectivity index (χ4v) is 3.54. The number of carbonyl (C=O) groups is 1. The highest BCUT2D eigenvalue weighted by atomic mass is 32.1. The summed E-state index contributed by atoms with van der Waals surface area (Å²) in [6.07, 6.45) is -3.51. The summed E-state index contributed by atoms with van der Waals surface area (Å²) in [5, 5.41) is 2.70. The van der Waals surface area contributed by atoms with Crippen LogP contribution in [0, 0.1) is 0 Å². The highest BCUT2D eigenvalue weighted by molar-refractivity contribution is 7.16. The van der Waals surface area contributed by atoms with E-state index in [-0.39, 0.29) is 11.0 Å². The zero-order chi connectivity index (χ0) is 19.6. The molecule has 1 amide bonds. The molecule has 140 valence electrons. The SMILES string of the molecule is CC(C)c1sc(NC(=O)c2ncccc2C(F)(F)F)nc1-c1ccccc1. The highest BCUT2D eigenvalue weighted by Gasteiger charge is 2.36. The van der Waals surface area contributed by atoms with Crippen LogP contribution in [-0.4, -0.2) is 15.9 Å². The summed E-state index contributed by atoms with van der Waals surface area (Å²) in [6.45, 7) is 3.98. The van der Waals surface area contributed by atoms with Gasteiger partial charge in [-0.1, -0.05) is 44.2 Å². The van der Waals surface area contributed by atoms with Gasteiger partial charge in [0.25, 0.3) is 5.91 Å². The number of rotatable bonds is 4. The summed E-state index contributed by atoms with van der Waals surface area (Å²) in [5.74, 6) is -0.796. The molecule has 3 aromatic rings. The second-order valence-electron chi connectivity index (χ2n) is 6.10. The van der Waals surface area contributed by atoms with Crippen LogP contribution in [0.5, 0.6) is 0 Å². The van der Waals surface area contributed by atoms with Crippen molar-refractivity contribution in [3.63, 3.8) is 0 Å². The Morgan fingerprint density at radius 2 is 1.81 bits per heavy atom. The summed E-state index contributed by atoms with van der Waals surface area (Å²) < 4.78 is 39.3. The Morgan fingerprint density at radius 3 is 2.44 bits per heavy atom. The van der Waals surface area contributed by atoms with E-state index < -0.39 is 23.3 Å². The van der Waals surface area contributed by atoms with Crippen LogP contribution in [0.2, 0.25) is 0 Å². The predicted molar refractivity (Wildman–Crippen MR) is 98.8 cm³/mol. The smallest absolute Gasteiger partial charge is 0.296 e. The zero-order valence-electron chi connectivity index (χ0n) is 14.5. The number of aromatic nitrogens is 2. The van der Waals surface area contributed by atoms with Crippen molar-refractivity contribution in [2.24, 2.45) is 0 Å². The third kappa shape index (κ3) is 4.16. The van der Waals surface area contributed by atoms with Crippen LogP contribution in [0.4, 0.5) is 18.3 Å². The summed E-state index contributed by atoms with van der Waals surface area (Å²) in [4.78, 5) is 21.4. The van der Waals surface area contributed by atoms with Crippen molar-refractivity contribution in [1.82, 2.24) is 9.97 Å². The number of pyridine rings is 1. The van der Waals surface area contributed by atoms with Crippen LogP contribution < -0.4 is 5.32 Å². The standard InChI is InChI=1S/C19H16F3N3OS/c1-11(2)16-14(12-7-4-3-5-8-12)24-18(27-16)25-17(26)15-13(19(20,21)22)9-6-10-23-15/h3-11H,1-2H3,(H,24,25,26). The van der Waals surface area contributed by atoms with Crippen LogP contribution in [0.3, 0.4) is 0 Å². The maximum absolute atomic E-state index is 13.1. The molecule has 4 nitrogen and oxygen atoms in total. The third-order valence-electron chi connectivity index (χ3n) is 3.77. The van der Waals surface area contributed by atoms with Gasteiger partial charge in [-0.05, 0) is 18.1 Å². The first-order valence-electron chi connectivity index (χ1n) is 8.17. The first kappa shape index (κ1) is 19.0. The maximum atomic E-state index is 13.1. The van der Waals surface area contributed by atoms with Crippen molar-refractivity contribution in [1.29, 1.82) is 0 Å². The molecular formula is C19H16F3N3OS. The lowest BCUT2D eigenvalue weighted by Crippen LogP contribution is -2.20. The molecule has 0 atom stereocenters. The number of carbonyl (C=O) groups excluding carboxylic acids is 1. The zero-order valence-corrected chi connectivity index (χ0v) is 15.4. The second kappa shape index (κ2) is 7.48. The van der Waals surface area contributed by atoms with E-state index in [4.69, 9.17) is 0 Å². The third-order valence-corrected chi connectivity index (χ3v) is 5.04. The molecule has 2 heterocycles. The van der Waals surface area contributed by atoms with Crippen molar-refractivity contribution >= 4 is 22.4 Å². The fraction of sp³-hybridized carbons (Fsp3) is 0.211. The van der Waals surface area contributed by atoms with E-state index in [1.807, 2.05) is 44.2 Å². The van der Waals surface area contributed by atoms with Crippen molar-refractivity contribution in [3.05, 3.63) is 64.8 Å². The van der Waals surface area contributed by atoms with Gasteiger partial charge in [-0.25, -0.2) is 4.98 Å². The number of thiazole rings is 1. The summed E-state index contributed by atoms with van der Waals surface area (Å²) in [5.41, 5.74) is -0.159. The van der Waals surface area contributed by atoms with E-state index in [1.54, 1.807) is 0 Å². The van der Waals surface area contributed by atoms with Gasteiger partial charge < -0.3 is 0 Å². The summed E-state index contributed by atoms with van der Waals surface area (Å²) >= 11 is 1.25. The van der Waals surface area contributed by atoms with Gasteiger partial charge in [0, 0.05) is 16.6 Å². The van der Waals surface area contributed by atoms with Gasteiger partial charge in [-0.3, -0.25) is 15.1 Å². The Balaban J connectivity index is 1.95. The fourth-order valence-electron chi connectivity index (χ4n) is 2.55. The van der Waals surface area contributed by atoms with Gasteiger partial charge in [0.2, 0.25) is 0 Å². The van der Waals surface area contributed by atoms with E-state index in [0.29, 0.717) is 5.69 Å². The molecule has 0 spiro atoms. The van der Waals surface area contributed by atoms with Crippen LogP contribution in [0.25, 0.3) is 11.3 Å². The lowest BCUT2D eigenvalue weighted by Gasteiger charge is -2.10. The van der Waals surface area contributed by atoms with Crippen molar-refractivity contribution in [2.75, 3.05) is 5.32 Å². The van der Waals surface area contributed by atoms with Gasteiger partial charge in [0.1, 0.15) is 5.69 Å². The van der Waals surface area contributed by atoms with E-state index >= 15 is 0 Å². The highest BCUT2D eigenvalue weighted by Crippen LogP contribution is 2.37. The van der Waals surface area contributed by atoms with Crippen LogP contribution in [0.15, 0.2) is 48.7 Å². The number of anilines is 1. The van der Waals surface area contributed by atoms with Gasteiger partial charge >= 0.3 is 6.18 Å². The number of amides is 1. The van der Waals surface area contributed by atoms with E-state index in [1.165, 1.54) is 11.3 Å². The second-order valence-corrected chi connectivity index (χ2v) is 7.13. The molecule has 0 bridgehead atoms. The van der Waals surface area contributed by atoms with Gasteiger partial charge in [-0.15, -0.1) is 11.3 Å². The topological polar surface area (TPSA) is 54.9 Å². The largest absolute Gasteiger partial charge is 0.418 e.